The number of nitrogens with two attached hydrogens (primary N) is 1. The van der Waals surface area contributed by atoms with Crippen molar-refractivity contribution in [1.82, 2.24) is 4.57 Å². The van der Waals surface area contributed by atoms with Crippen LogP contribution in [0, 0.1) is 0 Å². The van der Waals surface area contributed by atoms with Gasteiger partial charge >= 0.3 is 5.97 Å². The minimum Gasteiger partial charge on any atom is -0.469 e. The lowest BCUT2D eigenvalue weighted by Crippen LogP contribution is -2.06. The minimum atomic E-state index is -0.203. The summed E-state index contributed by atoms with van der Waals surface area (Å²) in [5.41, 5.74) is 7.69. The van der Waals surface area contributed by atoms with Crippen molar-refractivity contribution in [3.05, 3.63) is 24.4 Å². The van der Waals surface area contributed by atoms with Crippen LogP contribution in [0.15, 0.2) is 29.3 Å². The number of rotatable bonds is 4. The van der Waals surface area contributed by atoms with Crippen molar-refractivity contribution in [1.29, 1.82) is 0 Å². The zero-order valence-electron chi connectivity index (χ0n) is 10.5. The van der Waals surface area contributed by atoms with E-state index in [0.717, 1.165) is 16.1 Å². The molecule has 0 saturated carbocycles. The van der Waals surface area contributed by atoms with Gasteiger partial charge in [-0.25, -0.2) is 0 Å². The molecule has 5 heteroatoms. The van der Waals surface area contributed by atoms with Crippen molar-refractivity contribution >= 4 is 34.3 Å². The second kappa shape index (κ2) is 5.35. The van der Waals surface area contributed by atoms with Crippen LogP contribution in [0.1, 0.15) is 6.42 Å². The SMILES string of the molecule is COC(=O)CCn1ccc2c(SC)cc(N)cc21. The summed E-state index contributed by atoms with van der Waals surface area (Å²) in [5.74, 6) is -0.203. The van der Waals surface area contributed by atoms with Crippen molar-refractivity contribution in [2.24, 2.45) is 0 Å². The Labute approximate surface area is 110 Å². The first-order valence-electron chi connectivity index (χ1n) is 5.65. The maximum atomic E-state index is 11.2. The van der Waals surface area contributed by atoms with Crippen LogP contribution in [0.2, 0.25) is 0 Å². The molecule has 4 nitrogen and oxygen atoms in total. The highest BCUT2D eigenvalue weighted by atomic mass is 32.2. The molecule has 0 radical (unpaired) electrons. The third-order valence-corrected chi connectivity index (χ3v) is 3.66. The number of aryl methyl sites for hydroxylation is 1. The van der Waals surface area contributed by atoms with Gasteiger partial charge in [-0.05, 0) is 24.5 Å². The van der Waals surface area contributed by atoms with Gasteiger partial charge in [-0.15, -0.1) is 11.8 Å². The third-order valence-electron chi connectivity index (χ3n) is 2.88. The van der Waals surface area contributed by atoms with E-state index in [1.165, 1.54) is 12.5 Å². The largest absolute Gasteiger partial charge is 0.469 e. The van der Waals surface area contributed by atoms with Crippen LogP contribution in [0.5, 0.6) is 0 Å². The number of nitrogens with zero attached hydrogens (tertiary/aromatic N) is 1. The molecule has 2 rings (SSSR count). The smallest absolute Gasteiger partial charge is 0.307 e. The summed E-state index contributed by atoms with van der Waals surface area (Å²) in [6.45, 7) is 0.605. The molecule has 0 amide bonds. The van der Waals surface area contributed by atoms with E-state index in [1.807, 2.05) is 29.2 Å². The highest BCUT2D eigenvalue weighted by Gasteiger charge is 2.08. The lowest BCUT2D eigenvalue weighted by Gasteiger charge is -2.07. The summed E-state index contributed by atoms with van der Waals surface area (Å²) < 4.78 is 6.68. The number of methoxy groups -OCH3 is 1. The lowest BCUT2D eigenvalue weighted by molar-refractivity contribution is -0.140. The Morgan fingerprint density at radius 2 is 2.28 bits per heavy atom. The van der Waals surface area contributed by atoms with Crippen molar-refractivity contribution in [3.63, 3.8) is 0 Å². The molecule has 0 aliphatic rings. The first kappa shape index (κ1) is 12.8. The highest BCUT2D eigenvalue weighted by Crippen LogP contribution is 2.30. The highest BCUT2D eigenvalue weighted by molar-refractivity contribution is 7.98. The molecule has 0 unspecified atom stereocenters. The van der Waals surface area contributed by atoms with Crippen molar-refractivity contribution in [3.8, 4) is 0 Å². The third kappa shape index (κ3) is 2.46. The van der Waals surface area contributed by atoms with Gasteiger partial charge in [0.25, 0.3) is 0 Å². The molecule has 0 spiro atoms. The van der Waals surface area contributed by atoms with Crippen LogP contribution in [0.3, 0.4) is 0 Å². The fraction of sp³-hybridized carbons (Fsp3) is 0.308. The second-order valence-corrected chi connectivity index (χ2v) is 4.84. The van der Waals surface area contributed by atoms with Gasteiger partial charge in [0.15, 0.2) is 0 Å². The standard InChI is InChI=1S/C13H16N2O2S/c1-17-13(16)4-6-15-5-3-10-11(15)7-9(14)8-12(10)18-2/h3,5,7-8H,4,6,14H2,1-2H3. The fourth-order valence-electron chi connectivity index (χ4n) is 1.96. The maximum Gasteiger partial charge on any atom is 0.307 e. The topological polar surface area (TPSA) is 57.2 Å². The number of carbonyl (C=O) groups excluding carboxylic acids is 1. The summed E-state index contributed by atoms with van der Waals surface area (Å²) in [6, 6.07) is 5.96. The van der Waals surface area contributed by atoms with Crippen LogP contribution in [-0.2, 0) is 16.1 Å². The fourth-order valence-corrected chi connectivity index (χ4v) is 2.61. The van der Waals surface area contributed by atoms with Crippen LogP contribution >= 0.6 is 11.8 Å². The van der Waals surface area contributed by atoms with Gasteiger partial charge in [-0.2, -0.15) is 0 Å². The summed E-state index contributed by atoms with van der Waals surface area (Å²) in [4.78, 5) is 12.3. The number of aromatic nitrogens is 1. The zero-order chi connectivity index (χ0) is 13.1. The van der Waals surface area contributed by atoms with Crippen LogP contribution in [0.25, 0.3) is 10.9 Å². The Morgan fingerprint density at radius 3 is 2.94 bits per heavy atom. The van der Waals surface area contributed by atoms with E-state index < -0.39 is 0 Å². The van der Waals surface area contributed by atoms with Crippen molar-refractivity contribution in [2.75, 3.05) is 19.1 Å². The summed E-state index contributed by atoms with van der Waals surface area (Å²) in [7, 11) is 1.40. The molecule has 96 valence electrons. The van der Waals surface area contributed by atoms with E-state index in [0.29, 0.717) is 13.0 Å². The van der Waals surface area contributed by atoms with Gasteiger partial charge in [-0.1, -0.05) is 0 Å². The van der Waals surface area contributed by atoms with Gasteiger partial charge in [0.1, 0.15) is 0 Å². The van der Waals surface area contributed by atoms with E-state index in [1.54, 1.807) is 11.8 Å². The van der Waals surface area contributed by atoms with Gasteiger partial charge in [0.05, 0.1) is 19.0 Å². The monoisotopic (exact) mass is 264 g/mol. The molecule has 0 aliphatic carbocycles. The molecule has 0 saturated heterocycles. The normalized spacial score (nSPS) is 10.8. The molecule has 2 aromatic rings. The first-order chi connectivity index (χ1) is 8.65. The minimum absolute atomic E-state index is 0.203. The summed E-state index contributed by atoms with van der Waals surface area (Å²) in [6.07, 6.45) is 4.37. The van der Waals surface area contributed by atoms with Gasteiger partial charge in [0.2, 0.25) is 0 Å². The predicted molar refractivity (Wildman–Crippen MR) is 74.8 cm³/mol. The number of hydrogen-bond donors (Lipinski definition) is 1. The number of fused-ring (bicyclic) bond motifs is 1. The van der Waals surface area contributed by atoms with E-state index in [-0.39, 0.29) is 5.97 Å². The van der Waals surface area contributed by atoms with E-state index in [2.05, 4.69) is 10.8 Å². The van der Waals surface area contributed by atoms with Gasteiger partial charge < -0.3 is 15.0 Å². The molecule has 1 aromatic heterocycles. The van der Waals surface area contributed by atoms with E-state index in [9.17, 15) is 4.79 Å². The number of hydrogen-bond acceptors (Lipinski definition) is 4. The zero-order valence-corrected chi connectivity index (χ0v) is 11.3. The Balaban J connectivity index is 2.35. The molecule has 0 bridgehead atoms. The molecular weight excluding hydrogens is 248 g/mol. The average Bonchev–Trinajstić information content (AvgIpc) is 2.77. The number of carbonyl (C=O) groups is 1. The number of nitrogen functional groups attached to an aromatic ring is 1. The molecule has 0 atom stereocenters. The van der Waals surface area contributed by atoms with Crippen molar-refractivity contribution in [2.45, 2.75) is 17.9 Å². The number of benzene rings is 1. The Kier molecular flexibility index (Phi) is 3.81. The van der Waals surface area contributed by atoms with Gasteiger partial charge in [0, 0.05) is 28.7 Å². The maximum absolute atomic E-state index is 11.2. The molecule has 0 aliphatic heterocycles. The molecule has 2 N–H and O–H groups in total. The quantitative estimate of drug-likeness (QED) is 0.523. The predicted octanol–water partition coefficient (Wildman–Crippen LogP) is 2.51. The molecule has 18 heavy (non-hydrogen) atoms. The molecule has 0 fully saturated rings. The number of ether oxygens (including phenoxy) is 1. The Morgan fingerprint density at radius 1 is 1.50 bits per heavy atom. The number of anilines is 1. The average molecular weight is 264 g/mol. The number of thioether (sulfide) groups is 1. The van der Waals surface area contributed by atoms with E-state index in [4.69, 9.17) is 5.73 Å². The van der Waals surface area contributed by atoms with Crippen LogP contribution in [0.4, 0.5) is 5.69 Å². The Hall–Kier alpha value is -1.62. The first-order valence-corrected chi connectivity index (χ1v) is 6.87. The second-order valence-electron chi connectivity index (χ2n) is 3.99. The summed E-state index contributed by atoms with van der Waals surface area (Å²) in [5, 5.41) is 1.17. The molecular formula is C13H16N2O2S. The number of esters is 1. The van der Waals surface area contributed by atoms with Crippen LogP contribution in [-0.4, -0.2) is 23.9 Å². The van der Waals surface area contributed by atoms with Crippen molar-refractivity contribution < 1.29 is 9.53 Å². The lowest BCUT2D eigenvalue weighted by atomic mass is 10.2. The summed E-state index contributed by atoms with van der Waals surface area (Å²) >= 11 is 1.67. The van der Waals surface area contributed by atoms with Crippen LogP contribution < -0.4 is 5.73 Å². The Bertz CT molecular complexity index is 578. The van der Waals surface area contributed by atoms with Gasteiger partial charge in [-0.3, -0.25) is 4.79 Å². The molecule has 1 heterocycles. The molecule has 1 aromatic carbocycles. The van der Waals surface area contributed by atoms with E-state index >= 15 is 0 Å².